The highest BCUT2D eigenvalue weighted by atomic mass is 32.1. The third-order valence-corrected chi connectivity index (χ3v) is 7.34. The van der Waals surface area contributed by atoms with Crippen molar-refractivity contribution in [2.75, 3.05) is 12.0 Å². The molecule has 11 nitrogen and oxygen atoms in total. The molecule has 1 amide bonds. The Labute approximate surface area is 231 Å². The second kappa shape index (κ2) is 10.7. The standard InChI is InChI=1S/C27H22FN7O4S/c1-13(35(27(36)37)17-10-30-15(3)31-11-17)14(2)39-22-8-23-20(7-19(22)28)34-26(40-23)18-5-16(9-29)6-21-25(18)32-12-24(33-21)38-4/h5-8,10-14H,1-4H3,(H,36,37). The number of hydrogen-bond donors (Lipinski definition) is 1. The number of halogens is 1. The molecule has 0 aliphatic carbocycles. The van der Waals surface area contributed by atoms with Gasteiger partial charge in [0.05, 0.1) is 70.3 Å². The van der Waals surface area contributed by atoms with E-state index >= 15 is 4.39 Å². The van der Waals surface area contributed by atoms with Crippen molar-refractivity contribution in [3.8, 4) is 28.3 Å². The summed E-state index contributed by atoms with van der Waals surface area (Å²) in [7, 11) is 1.48. The maximum absolute atomic E-state index is 15.1. The van der Waals surface area contributed by atoms with Crippen LogP contribution in [0.5, 0.6) is 11.6 Å². The van der Waals surface area contributed by atoms with Crippen molar-refractivity contribution < 1.29 is 23.8 Å². The smallest absolute Gasteiger partial charge is 0.412 e. The molecular formula is C27H22FN7O4S. The number of amides is 1. The summed E-state index contributed by atoms with van der Waals surface area (Å²) in [4.78, 5) is 34.6. The molecule has 13 heteroatoms. The fourth-order valence-corrected chi connectivity index (χ4v) is 5.10. The van der Waals surface area contributed by atoms with E-state index in [-0.39, 0.29) is 11.4 Å². The number of aromatic nitrogens is 5. The van der Waals surface area contributed by atoms with E-state index in [9.17, 15) is 15.2 Å². The van der Waals surface area contributed by atoms with Crippen molar-refractivity contribution in [3.05, 3.63) is 60.1 Å². The lowest BCUT2D eigenvalue weighted by Gasteiger charge is -2.30. The van der Waals surface area contributed by atoms with Crippen LogP contribution in [0, 0.1) is 24.1 Å². The summed E-state index contributed by atoms with van der Waals surface area (Å²) >= 11 is 1.27. The normalized spacial score (nSPS) is 12.6. The number of nitrogens with zero attached hydrogens (tertiary/aromatic N) is 7. The molecule has 3 aromatic heterocycles. The van der Waals surface area contributed by atoms with Crippen LogP contribution in [0.4, 0.5) is 14.9 Å². The summed E-state index contributed by atoms with van der Waals surface area (Å²) in [6, 6.07) is 7.47. The molecular weight excluding hydrogens is 537 g/mol. The van der Waals surface area contributed by atoms with Crippen LogP contribution in [0.2, 0.25) is 0 Å². The van der Waals surface area contributed by atoms with Gasteiger partial charge in [-0.1, -0.05) is 0 Å². The number of carboxylic acid groups (broad SMARTS) is 1. The lowest BCUT2D eigenvalue weighted by Crippen LogP contribution is -2.46. The zero-order valence-corrected chi connectivity index (χ0v) is 22.6. The molecule has 0 aliphatic rings. The minimum absolute atomic E-state index is 0.0484. The minimum atomic E-state index is -1.22. The van der Waals surface area contributed by atoms with Gasteiger partial charge in [-0.2, -0.15) is 5.26 Å². The van der Waals surface area contributed by atoms with Crippen molar-refractivity contribution >= 4 is 44.4 Å². The highest BCUT2D eigenvalue weighted by Crippen LogP contribution is 2.37. The number of nitriles is 1. The molecule has 5 aromatic rings. The van der Waals surface area contributed by atoms with Crippen LogP contribution in [0.25, 0.3) is 31.8 Å². The fourth-order valence-electron chi connectivity index (χ4n) is 4.11. The number of benzene rings is 2. The van der Waals surface area contributed by atoms with Gasteiger partial charge in [0.1, 0.15) is 16.9 Å². The first-order chi connectivity index (χ1) is 19.2. The second-order valence-electron chi connectivity index (χ2n) is 8.89. The molecule has 3 heterocycles. The van der Waals surface area contributed by atoms with Crippen molar-refractivity contribution in [3.63, 3.8) is 0 Å². The van der Waals surface area contributed by atoms with Crippen LogP contribution in [-0.2, 0) is 0 Å². The first-order valence-corrected chi connectivity index (χ1v) is 12.8. The molecule has 5 rings (SSSR count). The molecule has 0 saturated carbocycles. The van der Waals surface area contributed by atoms with Crippen molar-refractivity contribution in [2.24, 2.45) is 0 Å². The maximum atomic E-state index is 15.1. The predicted octanol–water partition coefficient (Wildman–Crippen LogP) is 5.36. The topological polar surface area (TPSA) is 147 Å². The van der Waals surface area contributed by atoms with E-state index in [0.717, 1.165) is 4.90 Å². The first-order valence-electron chi connectivity index (χ1n) is 12.0. The van der Waals surface area contributed by atoms with Gasteiger partial charge in [0.15, 0.2) is 11.6 Å². The van der Waals surface area contributed by atoms with Crippen LogP contribution in [-0.4, -0.2) is 55.4 Å². The Balaban J connectivity index is 1.48. The molecule has 2 aromatic carbocycles. The molecule has 0 aliphatic heterocycles. The third kappa shape index (κ3) is 5.04. The SMILES string of the molecule is COc1cnc2c(-c3nc4cc(F)c(OC(C)C(C)N(C(=O)O)c5cnc(C)nc5)cc4s3)cc(C#N)cc2n1. The number of ether oxygens (including phenoxy) is 2. The second-order valence-corrected chi connectivity index (χ2v) is 9.92. The molecule has 1 N–H and O–H groups in total. The Morgan fingerprint density at radius 3 is 2.52 bits per heavy atom. The van der Waals surface area contributed by atoms with Crippen LogP contribution in [0.1, 0.15) is 25.2 Å². The van der Waals surface area contributed by atoms with Gasteiger partial charge in [0.25, 0.3) is 0 Å². The molecule has 202 valence electrons. The van der Waals surface area contributed by atoms with Gasteiger partial charge >= 0.3 is 6.09 Å². The van der Waals surface area contributed by atoms with Crippen LogP contribution < -0.4 is 14.4 Å². The van der Waals surface area contributed by atoms with E-state index in [1.165, 1.54) is 49.2 Å². The quantitative estimate of drug-likeness (QED) is 0.276. The molecule has 2 atom stereocenters. The predicted molar refractivity (Wildman–Crippen MR) is 146 cm³/mol. The van der Waals surface area contributed by atoms with E-state index < -0.39 is 24.1 Å². The number of fused-ring (bicyclic) bond motifs is 2. The number of methoxy groups -OCH3 is 1. The van der Waals surface area contributed by atoms with Crippen LogP contribution in [0.15, 0.2) is 42.9 Å². The zero-order chi connectivity index (χ0) is 28.6. The molecule has 2 unspecified atom stereocenters. The van der Waals surface area contributed by atoms with Gasteiger partial charge in [-0.25, -0.2) is 34.1 Å². The van der Waals surface area contributed by atoms with Crippen molar-refractivity contribution in [1.82, 2.24) is 24.9 Å². The summed E-state index contributed by atoms with van der Waals surface area (Å²) in [5.41, 5.74) is 2.60. The molecule has 40 heavy (non-hydrogen) atoms. The lowest BCUT2D eigenvalue weighted by atomic mass is 10.1. The minimum Gasteiger partial charge on any atom is -0.485 e. The summed E-state index contributed by atoms with van der Waals surface area (Å²) in [5.74, 6) is 0.114. The van der Waals surface area contributed by atoms with E-state index in [4.69, 9.17) is 9.47 Å². The van der Waals surface area contributed by atoms with Crippen LogP contribution in [0.3, 0.4) is 0 Å². The fraction of sp³-hybridized carbons (Fsp3) is 0.222. The maximum Gasteiger partial charge on any atom is 0.412 e. The van der Waals surface area contributed by atoms with Gasteiger partial charge in [-0.05, 0) is 32.9 Å². The Bertz CT molecular complexity index is 1790. The number of hydrogen-bond acceptors (Lipinski definition) is 10. The van der Waals surface area contributed by atoms with Crippen molar-refractivity contribution in [1.29, 1.82) is 5.26 Å². The average Bonchev–Trinajstić information content (AvgIpc) is 3.35. The molecule has 0 radical (unpaired) electrons. The Hall–Kier alpha value is -4.96. The van der Waals surface area contributed by atoms with Crippen LogP contribution >= 0.6 is 11.3 Å². The number of rotatable bonds is 7. The van der Waals surface area contributed by atoms with Gasteiger partial charge in [-0.15, -0.1) is 11.3 Å². The summed E-state index contributed by atoms with van der Waals surface area (Å²) in [6.45, 7) is 5.01. The average molecular weight is 560 g/mol. The Kier molecular flexibility index (Phi) is 7.10. The molecule has 0 fully saturated rings. The van der Waals surface area contributed by atoms with E-state index in [0.29, 0.717) is 49.1 Å². The van der Waals surface area contributed by atoms with Gasteiger partial charge in [0, 0.05) is 17.7 Å². The highest BCUT2D eigenvalue weighted by molar-refractivity contribution is 7.21. The Morgan fingerprint density at radius 1 is 1.10 bits per heavy atom. The third-order valence-electron chi connectivity index (χ3n) is 6.29. The highest BCUT2D eigenvalue weighted by Gasteiger charge is 2.29. The number of thiazole rings is 1. The largest absolute Gasteiger partial charge is 0.485 e. The summed E-state index contributed by atoms with van der Waals surface area (Å²) in [5, 5.41) is 19.9. The monoisotopic (exact) mass is 559 g/mol. The number of carbonyl (C=O) groups is 1. The van der Waals surface area contributed by atoms with Gasteiger partial charge < -0.3 is 14.6 Å². The summed E-state index contributed by atoms with van der Waals surface area (Å²) < 4.78 is 26.8. The number of anilines is 1. The molecule has 0 spiro atoms. The van der Waals surface area contributed by atoms with Gasteiger partial charge in [0.2, 0.25) is 5.88 Å². The van der Waals surface area contributed by atoms with Gasteiger partial charge in [-0.3, -0.25) is 4.90 Å². The molecule has 0 saturated heterocycles. The number of aryl methyl sites for hydroxylation is 1. The zero-order valence-electron chi connectivity index (χ0n) is 21.8. The van der Waals surface area contributed by atoms with E-state index in [1.54, 1.807) is 32.9 Å². The summed E-state index contributed by atoms with van der Waals surface area (Å²) in [6.07, 6.45) is 2.35. The first kappa shape index (κ1) is 26.6. The van der Waals surface area contributed by atoms with E-state index in [2.05, 4.69) is 31.0 Å². The Morgan fingerprint density at radius 2 is 1.85 bits per heavy atom. The molecule has 0 bridgehead atoms. The lowest BCUT2D eigenvalue weighted by molar-refractivity contribution is 0.167. The van der Waals surface area contributed by atoms with Crippen molar-refractivity contribution in [2.45, 2.75) is 32.9 Å². The van der Waals surface area contributed by atoms with E-state index in [1.807, 2.05) is 0 Å².